The van der Waals surface area contributed by atoms with Crippen LogP contribution in [0, 0.1) is 0 Å². The van der Waals surface area contributed by atoms with Crippen molar-refractivity contribution in [2.75, 3.05) is 6.61 Å². The Balaban J connectivity index is 2.27. The number of esters is 4. The highest BCUT2D eigenvalue weighted by molar-refractivity contribution is 7.80. The summed E-state index contributed by atoms with van der Waals surface area (Å²) in [5, 5.41) is 7.32. The van der Waals surface area contributed by atoms with Gasteiger partial charge in [0.2, 0.25) is 0 Å². The normalized spacial score (nSPS) is 23.3. The quantitative estimate of drug-likeness (QED) is 0.159. The highest BCUT2D eigenvalue weighted by Gasteiger charge is 2.52. The van der Waals surface area contributed by atoms with Crippen molar-refractivity contribution in [1.29, 1.82) is 0 Å². The maximum absolute atomic E-state index is 11.9. The molecule has 0 amide bonds. The second kappa shape index (κ2) is 13.7. The molecule has 196 valence electrons. The van der Waals surface area contributed by atoms with Gasteiger partial charge in [0.1, 0.15) is 12.7 Å². The van der Waals surface area contributed by atoms with E-state index in [1.165, 1.54) is 13.1 Å². The molecule has 0 spiro atoms. The van der Waals surface area contributed by atoms with Gasteiger partial charge in [0, 0.05) is 32.7 Å². The molecule has 12 nitrogen and oxygen atoms in total. The zero-order chi connectivity index (χ0) is 26.8. The second-order valence-corrected chi connectivity index (χ2v) is 8.36. The number of hydrogen-bond acceptors (Lipinski definition) is 11. The Morgan fingerprint density at radius 3 is 2.06 bits per heavy atom. The summed E-state index contributed by atoms with van der Waals surface area (Å²) in [5.74, 6) is -2.82. The number of hydrazone groups is 1. The lowest BCUT2D eigenvalue weighted by Gasteiger charge is -2.44. The lowest BCUT2D eigenvalue weighted by molar-refractivity contribution is -0.254. The van der Waals surface area contributed by atoms with Gasteiger partial charge >= 0.3 is 23.9 Å². The SMILES string of the molecule is CC(=O)OC[C@H]1O[C@@H](NC(=S)N/N=C/c2ccc(Cl)cc2)[C@H](OC(C)=O)[C@@H](OC(C)=O)[C@@H]1OC(C)=O. The Bertz CT molecular complexity index is 1000. The van der Waals surface area contributed by atoms with Gasteiger partial charge in [0.05, 0.1) is 6.21 Å². The van der Waals surface area contributed by atoms with E-state index in [0.29, 0.717) is 5.02 Å². The van der Waals surface area contributed by atoms with Gasteiger partial charge in [-0.1, -0.05) is 23.7 Å². The molecular weight excluding hydrogens is 518 g/mol. The van der Waals surface area contributed by atoms with Crippen molar-refractivity contribution in [3.8, 4) is 0 Å². The smallest absolute Gasteiger partial charge is 0.303 e. The van der Waals surface area contributed by atoms with Crippen LogP contribution in [0.1, 0.15) is 33.3 Å². The molecule has 0 aliphatic carbocycles. The average Bonchev–Trinajstić information content (AvgIpc) is 2.77. The molecular formula is C22H26ClN3O9S. The minimum absolute atomic E-state index is 0.0406. The molecule has 2 N–H and O–H groups in total. The summed E-state index contributed by atoms with van der Waals surface area (Å²) >= 11 is 11.1. The maximum Gasteiger partial charge on any atom is 0.303 e. The molecule has 0 unspecified atom stereocenters. The molecule has 14 heteroatoms. The molecule has 1 aliphatic rings. The number of ether oxygens (including phenoxy) is 5. The Hall–Kier alpha value is -3.29. The molecule has 0 radical (unpaired) electrons. The standard InChI is InChI=1S/C22H26ClN3O9S/c1-11(27)31-10-17-18(32-12(2)28)19(33-13(3)29)20(34-14(4)30)21(35-17)25-22(36)26-24-9-15-5-7-16(23)8-6-15/h5-9,17-21H,10H2,1-4H3,(H2,25,26,36)/b24-9+/t17-,18-,19+,20-,21-/m1/s1. The Morgan fingerprint density at radius 1 is 0.944 bits per heavy atom. The van der Waals surface area contributed by atoms with Crippen LogP contribution < -0.4 is 10.7 Å². The van der Waals surface area contributed by atoms with Gasteiger partial charge in [-0.25, -0.2) is 0 Å². The zero-order valence-corrected chi connectivity index (χ0v) is 21.5. The summed E-state index contributed by atoms with van der Waals surface area (Å²) in [6, 6.07) is 6.86. The number of nitrogens with zero attached hydrogens (tertiary/aromatic N) is 1. The van der Waals surface area contributed by atoms with E-state index in [0.717, 1.165) is 26.3 Å². The van der Waals surface area contributed by atoms with E-state index < -0.39 is 54.5 Å². The monoisotopic (exact) mass is 543 g/mol. The van der Waals surface area contributed by atoms with Crippen LogP contribution in [0.3, 0.4) is 0 Å². The molecule has 36 heavy (non-hydrogen) atoms. The van der Waals surface area contributed by atoms with Crippen molar-refractivity contribution < 1.29 is 42.9 Å². The first kappa shape index (κ1) is 28.9. The van der Waals surface area contributed by atoms with Crippen LogP contribution in [0.15, 0.2) is 29.4 Å². The number of benzene rings is 1. The third-order valence-corrected chi connectivity index (χ3v) is 4.98. The zero-order valence-electron chi connectivity index (χ0n) is 19.9. The Labute approximate surface area is 217 Å². The van der Waals surface area contributed by atoms with Crippen LogP contribution in [0.25, 0.3) is 0 Å². The van der Waals surface area contributed by atoms with E-state index in [1.807, 2.05) is 0 Å². The van der Waals surface area contributed by atoms with Gasteiger partial charge in [-0.2, -0.15) is 5.10 Å². The fraction of sp³-hybridized carbons (Fsp3) is 0.455. The Kier molecular flexibility index (Phi) is 11.0. The molecule has 1 fully saturated rings. The van der Waals surface area contributed by atoms with E-state index in [2.05, 4.69) is 15.8 Å². The van der Waals surface area contributed by atoms with Gasteiger partial charge in [-0.15, -0.1) is 0 Å². The summed E-state index contributed by atoms with van der Waals surface area (Å²) in [4.78, 5) is 46.9. The minimum atomic E-state index is -1.32. The van der Waals surface area contributed by atoms with E-state index in [9.17, 15) is 19.2 Å². The van der Waals surface area contributed by atoms with Gasteiger partial charge in [0.25, 0.3) is 0 Å². The van der Waals surface area contributed by atoms with Crippen LogP contribution in [0.2, 0.25) is 5.02 Å². The number of halogens is 1. The van der Waals surface area contributed by atoms with Crippen molar-refractivity contribution in [2.45, 2.75) is 58.3 Å². The van der Waals surface area contributed by atoms with Crippen molar-refractivity contribution in [3.63, 3.8) is 0 Å². The summed E-state index contributed by atoms with van der Waals surface area (Å²) in [6.07, 6.45) is -4.72. The highest BCUT2D eigenvalue weighted by Crippen LogP contribution is 2.28. The predicted octanol–water partition coefficient (Wildman–Crippen LogP) is 1.22. The van der Waals surface area contributed by atoms with Crippen molar-refractivity contribution in [3.05, 3.63) is 34.9 Å². The Morgan fingerprint density at radius 2 is 1.50 bits per heavy atom. The number of thiocarbonyl (C=S) groups is 1. The summed E-state index contributed by atoms with van der Waals surface area (Å²) in [5.41, 5.74) is 3.33. The third-order valence-electron chi connectivity index (χ3n) is 4.51. The molecule has 2 rings (SSSR count). The number of hydrogen-bond donors (Lipinski definition) is 2. The third kappa shape index (κ3) is 9.40. The number of carbonyl (C=O) groups is 4. The van der Waals surface area contributed by atoms with Crippen LogP contribution in [-0.2, 0) is 42.9 Å². The molecule has 1 aromatic rings. The maximum atomic E-state index is 11.9. The second-order valence-electron chi connectivity index (χ2n) is 7.51. The molecule has 5 atom stereocenters. The van der Waals surface area contributed by atoms with E-state index in [1.54, 1.807) is 24.3 Å². The summed E-state index contributed by atoms with van der Waals surface area (Å²) in [7, 11) is 0. The van der Waals surface area contributed by atoms with Crippen molar-refractivity contribution >= 4 is 59.0 Å². The topological polar surface area (TPSA) is 151 Å². The van der Waals surface area contributed by atoms with Crippen LogP contribution in [0.4, 0.5) is 0 Å². The highest BCUT2D eigenvalue weighted by atomic mass is 35.5. The van der Waals surface area contributed by atoms with E-state index in [-0.39, 0.29) is 11.7 Å². The molecule has 1 heterocycles. The number of nitrogens with one attached hydrogen (secondary N) is 2. The molecule has 1 aromatic carbocycles. The predicted molar refractivity (Wildman–Crippen MR) is 130 cm³/mol. The average molecular weight is 544 g/mol. The van der Waals surface area contributed by atoms with Crippen LogP contribution >= 0.6 is 23.8 Å². The van der Waals surface area contributed by atoms with Gasteiger partial charge in [-0.05, 0) is 29.9 Å². The molecule has 1 saturated heterocycles. The molecule has 0 saturated carbocycles. The lowest BCUT2D eigenvalue weighted by atomic mass is 9.97. The lowest BCUT2D eigenvalue weighted by Crippen LogP contribution is -2.66. The molecule has 1 aliphatic heterocycles. The number of carbonyl (C=O) groups excluding carboxylic acids is 4. The summed E-state index contributed by atoms with van der Waals surface area (Å²) in [6.45, 7) is 4.23. The van der Waals surface area contributed by atoms with Crippen LogP contribution in [0.5, 0.6) is 0 Å². The van der Waals surface area contributed by atoms with Crippen molar-refractivity contribution in [2.24, 2.45) is 5.10 Å². The van der Waals surface area contributed by atoms with E-state index in [4.69, 9.17) is 47.5 Å². The van der Waals surface area contributed by atoms with Gasteiger partial charge < -0.3 is 29.0 Å². The first-order valence-corrected chi connectivity index (χ1v) is 11.4. The summed E-state index contributed by atoms with van der Waals surface area (Å²) < 4.78 is 26.9. The first-order valence-electron chi connectivity index (χ1n) is 10.6. The van der Waals surface area contributed by atoms with Gasteiger partial charge in [-0.3, -0.25) is 24.6 Å². The fourth-order valence-corrected chi connectivity index (χ4v) is 3.52. The number of rotatable bonds is 8. The van der Waals surface area contributed by atoms with Crippen molar-refractivity contribution in [1.82, 2.24) is 10.7 Å². The minimum Gasteiger partial charge on any atom is -0.463 e. The fourth-order valence-electron chi connectivity index (χ4n) is 3.22. The molecule has 0 aromatic heterocycles. The van der Waals surface area contributed by atoms with Crippen LogP contribution in [-0.4, -0.2) is 72.5 Å². The largest absolute Gasteiger partial charge is 0.463 e. The van der Waals surface area contributed by atoms with E-state index >= 15 is 0 Å². The first-order chi connectivity index (χ1) is 17.0. The molecule has 0 bridgehead atoms. The van der Waals surface area contributed by atoms with Gasteiger partial charge in [0.15, 0.2) is 29.7 Å².